The summed E-state index contributed by atoms with van der Waals surface area (Å²) in [7, 11) is 0. The molecular weight excluding hydrogens is 304 g/mol. The lowest BCUT2D eigenvalue weighted by Gasteiger charge is -2.30. The molecule has 6 heteroatoms. The lowest BCUT2D eigenvalue weighted by Crippen LogP contribution is -2.45. The summed E-state index contributed by atoms with van der Waals surface area (Å²) in [6.07, 6.45) is 4.33. The minimum atomic E-state index is 0.0665. The normalized spacial score (nSPS) is 18.8. The van der Waals surface area contributed by atoms with Crippen LogP contribution in [0.5, 0.6) is 0 Å². The van der Waals surface area contributed by atoms with Crippen LogP contribution in [0.15, 0.2) is 4.99 Å². The monoisotopic (exact) mass is 340 g/mol. The van der Waals surface area contributed by atoms with Crippen LogP contribution in [-0.2, 0) is 4.79 Å². The second kappa shape index (κ2) is 10.5. The standard InChI is InChI=1S/C18H36N4O2/c1-5-16(24)22-11-9-15(13-22)21-17(19-8-4)20-14-18(6-2,7-3)10-12-23/h15,23H,5-14H2,1-4H3,(H2,19,20,21). The Morgan fingerprint density at radius 1 is 1.29 bits per heavy atom. The molecule has 1 atom stereocenters. The fourth-order valence-corrected chi connectivity index (χ4v) is 3.23. The van der Waals surface area contributed by atoms with Gasteiger partial charge in [0.1, 0.15) is 0 Å². The molecule has 1 saturated heterocycles. The zero-order valence-electron chi connectivity index (χ0n) is 15.9. The van der Waals surface area contributed by atoms with Crippen LogP contribution in [0.1, 0.15) is 59.8 Å². The fourth-order valence-electron chi connectivity index (χ4n) is 3.23. The molecule has 0 radical (unpaired) electrons. The van der Waals surface area contributed by atoms with E-state index in [0.29, 0.717) is 13.0 Å². The SMILES string of the molecule is CCNC(=NCC(CC)(CC)CCO)NC1CCN(C(=O)CC)C1. The number of nitrogens with zero attached hydrogens (tertiary/aromatic N) is 2. The molecule has 3 N–H and O–H groups in total. The van der Waals surface area contributed by atoms with E-state index < -0.39 is 0 Å². The van der Waals surface area contributed by atoms with Crippen LogP contribution in [-0.4, -0.2) is 60.7 Å². The van der Waals surface area contributed by atoms with E-state index in [2.05, 4.69) is 31.4 Å². The number of hydrogen-bond donors (Lipinski definition) is 3. The molecule has 140 valence electrons. The third kappa shape index (κ3) is 5.96. The van der Waals surface area contributed by atoms with Gasteiger partial charge in [-0.3, -0.25) is 9.79 Å². The molecule has 0 aliphatic carbocycles. The third-order valence-electron chi connectivity index (χ3n) is 5.24. The highest BCUT2D eigenvalue weighted by Gasteiger charge is 2.27. The van der Waals surface area contributed by atoms with Gasteiger partial charge in [0.2, 0.25) is 5.91 Å². The first-order chi connectivity index (χ1) is 11.5. The molecule has 0 aromatic carbocycles. The van der Waals surface area contributed by atoms with Gasteiger partial charge in [0, 0.05) is 45.2 Å². The fraction of sp³-hybridized carbons (Fsp3) is 0.889. The molecule has 1 unspecified atom stereocenters. The molecule has 0 saturated carbocycles. The van der Waals surface area contributed by atoms with E-state index in [1.165, 1.54) is 0 Å². The summed E-state index contributed by atoms with van der Waals surface area (Å²) < 4.78 is 0. The van der Waals surface area contributed by atoms with Gasteiger partial charge in [-0.05, 0) is 38.0 Å². The summed E-state index contributed by atoms with van der Waals surface area (Å²) in [5.74, 6) is 1.04. The zero-order chi connectivity index (χ0) is 18.0. The molecule has 0 aromatic rings. The van der Waals surface area contributed by atoms with Crippen molar-refractivity contribution in [1.29, 1.82) is 0 Å². The predicted octanol–water partition coefficient (Wildman–Crippen LogP) is 1.74. The second-order valence-corrected chi connectivity index (χ2v) is 6.70. The Hall–Kier alpha value is -1.30. The Morgan fingerprint density at radius 3 is 2.54 bits per heavy atom. The average Bonchev–Trinajstić information content (AvgIpc) is 3.06. The topological polar surface area (TPSA) is 77.0 Å². The molecule has 6 nitrogen and oxygen atoms in total. The van der Waals surface area contributed by atoms with Crippen LogP contribution in [0.2, 0.25) is 0 Å². The van der Waals surface area contributed by atoms with E-state index in [9.17, 15) is 9.90 Å². The first kappa shape index (κ1) is 20.7. The van der Waals surface area contributed by atoms with Gasteiger partial charge in [-0.25, -0.2) is 0 Å². The van der Waals surface area contributed by atoms with Crippen LogP contribution < -0.4 is 10.6 Å². The highest BCUT2D eigenvalue weighted by atomic mass is 16.3. The summed E-state index contributed by atoms with van der Waals surface area (Å²) in [5, 5.41) is 16.1. The van der Waals surface area contributed by atoms with Crippen molar-refractivity contribution in [3.8, 4) is 0 Å². The van der Waals surface area contributed by atoms with E-state index >= 15 is 0 Å². The lowest BCUT2D eigenvalue weighted by molar-refractivity contribution is -0.129. The van der Waals surface area contributed by atoms with Gasteiger partial charge in [-0.2, -0.15) is 0 Å². The van der Waals surface area contributed by atoms with Gasteiger partial charge in [0.15, 0.2) is 5.96 Å². The number of guanidine groups is 1. The first-order valence-corrected chi connectivity index (χ1v) is 9.47. The van der Waals surface area contributed by atoms with Crippen LogP contribution in [0.3, 0.4) is 0 Å². The van der Waals surface area contributed by atoms with Crippen LogP contribution >= 0.6 is 0 Å². The summed E-state index contributed by atoms with van der Waals surface area (Å²) in [4.78, 5) is 18.5. The van der Waals surface area contributed by atoms with E-state index in [0.717, 1.165) is 51.3 Å². The van der Waals surface area contributed by atoms with Crippen molar-refractivity contribution >= 4 is 11.9 Å². The Bertz CT molecular complexity index is 408. The molecular formula is C18H36N4O2. The summed E-state index contributed by atoms with van der Waals surface area (Å²) in [6, 6.07) is 0.258. The number of rotatable bonds is 9. The predicted molar refractivity (Wildman–Crippen MR) is 99.1 cm³/mol. The number of likely N-dealkylation sites (tertiary alicyclic amines) is 1. The molecule has 0 aromatic heterocycles. The van der Waals surface area contributed by atoms with Crippen molar-refractivity contribution < 1.29 is 9.90 Å². The van der Waals surface area contributed by atoms with Crippen molar-refractivity contribution in [2.75, 3.05) is 32.8 Å². The summed E-state index contributed by atoms with van der Waals surface area (Å²) in [5.41, 5.74) is 0.0665. The maximum atomic E-state index is 11.8. The van der Waals surface area contributed by atoms with E-state index in [4.69, 9.17) is 4.99 Å². The van der Waals surface area contributed by atoms with Crippen molar-refractivity contribution in [2.24, 2.45) is 10.4 Å². The number of aliphatic imine (C=N–C) groups is 1. The summed E-state index contributed by atoms with van der Waals surface area (Å²) >= 11 is 0. The van der Waals surface area contributed by atoms with Crippen molar-refractivity contribution in [3.05, 3.63) is 0 Å². The Kier molecular flexibility index (Phi) is 9.11. The number of carbonyl (C=O) groups is 1. The third-order valence-corrected chi connectivity index (χ3v) is 5.24. The second-order valence-electron chi connectivity index (χ2n) is 6.70. The first-order valence-electron chi connectivity index (χ1n) is 9.47. The number of hydrogen-bond acceptors (Lipinski definition) is 3. The van der Waals surface area contributed by atoms with Gasteiger partial charge in [-0.15, -0.1) is 0 Å². The molecule has 1 aliphatic rings. The molecule has 0 spiro atoms. The Balaban J connectivity index is 2.67. The van der Waals surface area contributed by atoms with Gasteiger partial charge < -0.3 is 20.6 Å². The minimum absolute atomic E-state index is 0.0665. The maximum absolute atomic E-state index is 11.8. The van der Waals surface area contributed by atoms with E-state index in [-0.39, 0.29) is 24.0 Å². The van der Waals surface area contributed by atoms with Gasteiger partial charge in [-0.1, -0.05) is 20.8 Å². The molecule has 1 fully saturated rings. The van der Waals surface area contributed by atoms with Gasteiger partial charge >= 0.3 is 0 Å². The van der Waals surface area contributed by atoms with Gasteiger partial charge in [0.05, 0.1) is 0 Å². The molecule has 1 amide bonds. The van der Waals surface area contributed by atoms with Gasteiger partial charge in [0.25, 0.3) is 0 Å². The van der Waals surface area contributed by atoms with Crippen LogP contribution in [0.4, 0.5) is 0 Å². The molecule has 0 bridgehead atoms. The van der Waals surface area contributed by atoms with Crippen LogP contribution in [0.25, 0.3) is 0 Å². The lowest BCUT2D eigenvalue weighted by atomic mass is 9.79. The molecule has 24 heavy (non-hydrogen) atoms. The number of aliphatic hydroxyl groups is 1. The number of carbonyl (C=O) groups excluding carboxylic acids is 1. The quantitative estimate of drug-likeness (QED) is 0.441. The highest BCUT2D eigenvalue weighted by molar-refractivity contribution is 5.80. The van der Waals surface area contributed by atoms with E-state index in [1.807, 2.05) is 11.8 Å². The molecule has 1 aliphatic heterocycles. The average molecular weight is 341 g/mol. The largest absolute Gasteiger partial charge is 0.396 e. The Labute approximate surface area is 147 Å². The van der Waals surface area contributed by atoms with E-state index in [1.54, 1.807) is 0 Å². The summed E-state index contributed by atoms with van der Waals surface area (Å²) in [6.45, 7) is 11.6. The Morgan fingerprint density at radius 2 is 2.00 bits per heavy atom. The minimum Gasteiger partial charge on any atom is -0.396 e. The molecule has 1 rings (SSSR count). The van der Waals surface area contributed by atoms with Crippen LogP contribution in [0, 0.1) is 5.41 Å². The number of nitrogens with one attached hydrogen (secondary N) is 2. The van der Waals surface area contributed by atoms with Crippen molar-refractivity contribution in [3.63, 3.8) is 0 Å². The smallest absolute Gasteiger partial charge is 0.222 e. The van der Waals surface area contributed by atoms with Crippen molar-refractivity contribution in [1.82, 2.24) is 15.5 Å². The zero-order valence-corrected chi connectivity index (χ0v) is 15.9. The molecule has 1 heterocycles. The number of aliphatic hydroxyl groups excluding tert-OH is 1. The maximum Gasteiger partial charge on any atom is 0.222 e. The number of amides is 1. The highest BCUT2D eigenvalue weighted by Crippen LogP contribution is 2.30. The van der Waals surface area contributed by atoms with Crippen molar-refractivity contribution in [2.45, 2.75) is 65.8 Å².